The molecule has 0 saturated carbocycles. The number of hydrogen-bond donors (Lipinski definition) is 3. The molecule has 1 rings (SSSR count). The summed E-state index contributed by atoms with van der Waals surface area (Å²) in [6.07, 6.45) is 0. The maximum Gasteiger partial charge on any atom is 0.312 e. The Kier molecular flexibility index (Phi) is 6.32. The molecule has 1 aromatic rings. The number of amides is 3. The molecule has 1 atom stereocenters. The predicted molar refractivity (Wildman–Crippen MR) is 79.6 cm³/mol. The van der Waals surface area contributed by atoms with Gasteiger partial charge in [0.05, 0.1) is 13.2 Å². The standard InChI is InChI=1S/C14H21N3O4/c1-4-20-11-7-6-10(8-12(11)21-5-2)17-13(18)9(3)16-14(15)19/h6-9H,4-5H2,1-3H3,(H,17,18)(H3,15,16,19)/t9-/m1/s1. The van der Waals surface area contributed by atoms with Crippen molar-refractivity contribution in [1.82, 2.24) is 5.32 Å². The summed E-state index contributed by atoms with van der Waals surface area (Å²) in [4.78, 5) is 22.6. The Labute approximate surface area is 123 Å². The molecule has 21 heavy (non-hydrogen) atoms. The molecule has 3 amide bonds. The van der Waals surface area contributed by atoms with E-state index in [1.54, 1.807) is 18.2 Å². The van der Waals surface area contributed by atoms with Gasteiger partial charge in [-0.2, -0.15) is 0 Å². The highest BCUT2D eigenvalue weighted by molar-refractivity contribution is 5.96. The van der Waals surface area contributed by atoms with E-state index in [1.807, 2.05) is 13.8 Å². The first-order chi connectivity index (χ1) is 9.97. The second kappa shape index (κ2) is 7.98. The number of hydrogen-bond acceptors (Lipinski definition) is 4. The lowest BCUT2D eigenvalue weighted by atomic mass is 10.2. The number of benzene rings is 1. The zero-order valence-corrected chi connectivity index (χ0v) is 12.4. The molecular formula is C14H21N3O4. The molecule has 0 aromatic heterocycles. The van der Waals surface area contributed by atoms with Gasteiger partial charge in [-0.1, -0.05) is 0 Å². The molecule has 1 aromatic carbocycles. The molecule has 0 aliphatic carbocycles. The van der Waals surface area contributed by atoms with Gasteiger partial charge in [-0.05, 0) is 32.9 Å². The van der Waals surface area contributed by atoms with Crippen LogP contribution in [0.2, 0.25) is 0 Å². The number of rotatable bonds is 7. The van der Waals surface area contributed by atoms with E-state index < -0.39 is 12.1 Å². The van der Waals surface area contributed by atoms with Gasteiger partial charge in [0, 0.05) is 11.8 Å². The minimum Gasteiger partial charge on any atom is -0.490 e. The first-order valence-electron chi connectivity index (χ1n) is 6.74. The van der Waals surface area contributed by atoms with Gasteiger partial charge in [0.1, 0.15) is 6.04 Å². The number of carbonyl (C=O) groups excluding carboxylic acids is 2. The van der Waals surface area contributed by atoms with Crippen molar-refractivity contribution in [3.05, 3.63) is 18.2 Å². The minimum atomic E-state index is -0.751. The summed E-state index contributed by atoms with van der Waals surface area (Å²) in [6.45, 7) is 6.28. The number of anilines is 1. The highest BCUT2D eigenvalue weighted by atomic mass is 16.5. The Morgan fingerprint density at radius 1 is 1.19 bits per heavy atom. The van der Waals surface area contributed by atoms with Crippen LogP contribution in [0.25, 0.3) is 0 Å². The maximum absolute atomic E-state index is 11.9. The Hall–Kier alpha value is -2.44. The van der Waals surface area contributed by atoms with E-state index in [9.17, 15) is 9.59 Å². The second-order valence-electron chi connectivity index (χ2n) is 4.25. The summed E-state index contributed by atoms with van der Waals surface area (Å²) in [5, 5.41) is 4.98. The van der Waals surface area contributed by atoms with E-state index in [0.717, 1.165) is 0 Å². The van der Waals surface area contributed by atoms with E-state index in [1.165, 1.54) is 6.92 Å². The van der Waals surface area contributed by atoms with Gasteiger partial charge in [0.2, 0.25) is 5.91 Å². The predicted octanol–water partition coefficient (Wildman–Crippen LogP) is 1.48. The molecule has 0 heterocycles. The first kappa shape index (κ1) is 16.6. The molecule has 0 bridgehead atoms. The quantitative estimate of drug-likeness (QED) is 0.709. The SMILES string of the molecule is CCOc1ccc(NC(=O)[C@@H](C)NC(N)=O)cc1OCC. The summed E-state index contributed by atoms with van der Waals surface area (Å²) < 4.78 is 10.9. The van der Waals surface area contributed by atoms with E-state index in [-0.39, 0.29) is 5.91 Å². The first-order valence-corrected chi connectivity index (χ1v) is 6.74. The Morgan fingerprint density at radius 3 is 2.38 bits per heavy atom. The molecule has 7 nitrogen and oxygen atoms in total. The molecular weight excluding hydrogens is 274 g/mol. The van der Waals surface area contributed by atoms with Crippen LogP contribution in [0, 0.1) is 0 Å². The molecule has 0 radical (unpaired) electrons. The van der Waals surface area contributed by atoms with Gasteiger partial charge >= 0.3 is 6.03 Å². The van der Waals surface area contributed by atoms with Crippen molar-refractivity contribution in [3.8, 4) is 11.5 Å². The highest BCUT2D eigenvalue weighted by Crippen LogP contribution is 2.30. The van der Waals surface area contributed by atoms with Crippen molar-refractivity contribution >= 4 is 17.6 Å². The average molecular weight is 295 g/mol. The van der Waals surface area contributed by atoms with Crippen molar-refractivity contribution in [2.75, 3.05) is 18.5 Å². The monoisotopic (exact) mass is 295 g/mol. The van der Waals surface area contributed by atoms with Gasteiger partial charge in [0.15, 0.2) is 11.5 Å². The number of primary amides is 1. The van der Waals surface area contributed by atoms with Crippen LogP contribution >= 0.6 is 0 Å². The van der Waals surface area contributed by atoms with E-state index in [0.29, 0.717) is 30.4 Å². The Bertz CT molecular complexity index is 505. The van der Waals surface area contributed by atoms with Gasteiger partial charge in [0.25, 0.3) is 0 Å². The van der Waals surface area contributed by atoms with Gasteiger partial charge < -0.3 is 25.8 Å². The van der Waals surface area contributed by atoms with Crippen LogP contribution in [0.1, 0.15) is 20.8 Å². The molecule has 0 aliphatic heterocycles. The Morgan fingerprint density at radius 2 is 1.81 bits per heavy atom. The van der Waals surface area contributed by atoms with Gasteiger partial charge in [-0.15, -0.1) is 0 Å². The van der Waals surface area contributed by atoms with Crippen LogP contribution in [0.3, 0.4) is 0 Å². The van der Waals surface area contributed by atoms with E-state index in [4.69, 9.17) is 15.2 Å². The summed E-state index contributed by atoms with van der Waals surface area (Å²) in [5.74, 6) is 0.786. The lowest BCUT2D eigenvalue weighted by Crippen LogP contribution is -2.44. The number of ether oxygens (including phenoxy) is 2. The highest BCUT2D eigenvalue weighted by Gasteiger charge is 2.15. The van der Waals surface area contributed by atoms with Gasteiger partial charge in [-0.3, -0.25) is 4.79 Å². The van der Waals surface area contributed by atoms with Crippen LogP contribution in [0.5, 0.6) is 11.5 Å². The third-order valence-electron chi connectivity index (χ3n) is 2.56. The van der Waals surface area contributed by atoms with Crippen molar-refractivity contribution < 1.29 is 19.1 Å². The lowest BCUT2D eigenvalue weighted by Gasteiger charge is -2.15. The van der Waals surface area contributed by atoms with Crippen LogP contribution in [0.15, 0.2) is 18.2 Å². The van der Waals surface area contributed by atoms with Crippen molar-refractivity contribution in [1.29, 1.82) is 0 Å². The normalized spacial score (nSPS) is 11.4. The zero-order valence-electron chi connectivity index (χ0n) is 12.4. The molecule has 4 N–H and O–H groups in total. The fraction of sp³-hybridized carbons (Fsp3) is 0.429. The number of nitrogens with one attached hydrogen (secondary N) is 2. The van der Waals surface area contributed by atoms with Gasteiger partial charge in [-0.25, -0.2) is 4.79 Å². The third kappa shape index (κ3) is 5.21. The molecule has 0 fully saturated rings. The van der Waals surface area contributed by atoms with Crippen LogP contribution in [0.4, 0.5) is 10.5 Å². The summed E-state index contributed by atoms with van der Waals surface area (Å²) in [7, 11) is 0. The molecule has 0 aliphatic rings. The van der Waals surface area contributed by atoms with Crippen LogP contribution < -0.4 is 25.8 Å². The van der Waals surface area contributed by atoms with E-state index in [2.05, 4.69) is 10.6 Å². The third-order valence-corrected chi connectivity index (χ3v) is 2.56. The van der Waals surface area contributed by atoms with Crippen molar-refractivity contribution in [2.24, 2.45) is 5.73 Å². The molecule has 0 unspecified atom stereocenters. The number of nitrogens with two attached hydrogens (primary N) is 1. The van der Waals surface area contributed by atoms with Crippen LogP contribution in [-0.4, -0.2) is 31.2 Å². The molecule has 0 spiro atoms. The second-order valence-corrected chi connectivity index (χ2v) is 4.25. The molecule has 116 valence electrons. The van der Waals surface area contributed by atoms with Crippen molar-refractivity contribution in [3.63, 3.8) is 0 Å². The fourth-order valence-corrected chi connectivity index (χ4v) is 1.66. The van der Waals surface area contributed by atoms with Crippen molar-refractivity contribution in [2.45, 2.75) is 26.8 Å². The molecule has 0 saturated heterocycles. The lowest BCUT2D eigenvalue weighted by molar-refractivity contribution is -0.117. The number of urea groups is 1. The topological polar surface area (TPSA) is 103 Å². The zero-order chi connectivity index (χ0) is 15.8. The number of carbonyl (C=O) groups is 2. The summed E-state index contributed by atoms with van der Waals surface area (Å²) in [5.41, 5.74) is 5.52. The smallest absolute Gasteiger partial charge is 0.312 e. The summed E-state index contributed by atoms with van der Waals surface area (Å²) >= 11 is 0. The van der Waals surface area contributed by atoms with Crippen LogP contribution in [-0.2, 0) is 4.79 Å². The largest absolute Gasteiger partial charge is 0.490 e. The minimum absolute atomic E-state index is 0.375. The van der Waals surface area contributed by atoms with E-state index >= 15 is 0 Å². The average Bonchev–Trinajstić information content (AvgIpc) is 2.41. The fourth-order valence-electron chi connectivity index (χ4n) is 1.66. The molecule has 7 heteroatoms. The summed E-state index contributed by atoms with van der Waals surface area (Å²) in [6, 6.07) is 3.60. The Balaban J connectivity index is 2.81. The maximum atomic E-state index is 11.9.